The van der Waals surface area contributed by atoms with E-state index in [1.165, 1.54) is 0 Å². The number of carbonyl (C=O) groups excluding carboxylic acids is 2. The molecule has 2 aromatic rings. The first-order chi connectivity index (χ1) is 13.7. The summed E-state index contributed by atoms with van der Waals surface area (Å²) in [4.78, 5) is 44.5. The summed E-state index contributed by atoms with van der Waals surface area (Å²) in [7, 11) is 0. The van der Waals surface area contributed by atoms with Crippen molar-refractivity contribution in [2.45, 2.75) is 6.42 Å². The lowest BCUT2D eigenvalue weighted by Gasteiger charge is -2.07. The molecule has 0 aromatic heterocycles. The zero-order chi connectivity index (χ0) is 21.6. The number of primary amides is 2. The van der Waals surface area contributed by atoms with Crippen molar-refractivity contribution in [3.8, 4) is 0 Å². The monoisotopic (exact) mass is 394 g/mol. The molecule has 0 saturated carbocycles. The maximum atomic E-state index is 11.3. The second-order valence-corrected chi connectivity index (χ2v) is 6.10. The molecule has 6 N–H and O–H groups in total. The Hall–Kier alpha value is -4.20. The zero-order valence-corrected chi connectivity index (χ0v) is 15.2. The predicted molar refractivity (Wildman–Crippen MR) is 105 cm³/mol. The number of carboxylic acid groups (broad SMARTS) is 2. The van der Waals surface area contributed by atoms with E-state index in [1.807, 2.05) is 0 Å². The number of hydrogen-bond acceptors (Lipinski definition) is 4. The van der Waals surface area contributed by atoms with Crippen LogP contribution in [-0.2, 0) is 25.6 Å². The van der Waals surface area contributed by atoms with Gasteiger partial charge in [0.05, 0.1) is 11.1 Å². The highest BCUT2D eigenvalue weighted by Crippen LogP contribution is 2.20. The number of rotatable bonds is 8. The van der Waals surface area contributed by atoms with Gasteiger partial charge in [-0.15, -0.1) is 0 Å². The lowest BCUT2D eigenvalue weighted by atomic mass is 9.98. The van der Waals surface area contributed by atoms with E-state index < -0.39 is 23.8 Å². The van der Waals surface area contributed by atoms with E-state index in [-0.39, 0.29) is 11.1 Å². The van der Waals surface area contributed by atoms with Crippen molar-refractivity contribution in [3.05, 3.63) is 82.9 Å². The first-order valence-corrected chi connectivity index (χ1v) is 8.35. The van der Waals surface area contributed by atoms with Crippen molar-refractivity contribution in [1.29, 1.82) is 0 Å². The molecule has 8 nitrogen and oxygen atoms in total. The number of carboxylic acids is 2. The summed E-state index contributed by atoms with van der Waals surface area (Å²) in [5, 5.41) is 18.4. The third-order valence-electron chi connectivity index (χ3n) is 3.97. The molecule has 0 heterocycles. The van der Waals surface area contributed by atoms with Crippen molar-refractivity contribution < 1.29 is 29.4 Å². The van der Waals surface area contributed by atoms with Gasteiger partial charge in [0.25, 0.3) is 0 Å². The molecule has 2 amide bonds. The van der Waals surface area contributed by atoms with E-state index in [9.17, 15) is 29.4 Å². The average molecular weight is 394 g/mol. The van der Waals surface area contributed by atoms with Crippen LogP contribution in [0.25, 0.3) is 11.1 Å². The van der Waals surface area contributed by atoms with Gasteiger partial charge >= 0.3 is 11.9 Å². The molecular formula is C21H18N2O6. The van der Waals surface area contributed by atoms with Crippen molar-refractivity contribution in [1.82, 2.24) is 0 Å². The van der Waals surface area contributed by atoms with Gasteiger partial charge in [-0.2, -0.15) is 0 Å². The standard InChI is InChI=1S/C21H18N2O6/c22-18(24)10-16(20(26)27)14-5-1-12(2-6-14)9-13-3-7-15(8-4-13)17(21(28)29)11-19(23)25/h1-8,10-11H,9H2,(H2,22,24)(H2,23,25)(H,26,27)(H,28,29)/b16-10+,17-11+. The molecule has 0 unspecified atom stereocenters. The van der Waals surface area contributed by atoms with Crippen LogP contribution in [-0.4, -0.2) is 34.0 Å². The van der Waals surface area contributed by atoms with Crippen LogP contribution in [0.15, 0.2) is 60.7 Å². The Kier molecular flexibility index (Phi) is 6.65. The lowest BCUT2D eigenvalue weighted by Crippen LogP contribution is -2.10. The summed E-state index contributed by atoms with van der Waals surface area (Å²) < 4.78 is 0. The Labute approximate surface area is 165 Å². The van der Waals surface area contributed by atoms with Gasteiger partial charge in [-0.25, -0.2) is 9.59 Å². The highest BCUT2D eigenvalue weighted by molar-refractivity contribution is 6.20. The molecule has 0 fully saturated rings. The fourth-order valence-electron chi connectivity index (χ4n) is 2.66. The summed E-state index contributed by atoms with van der Waals surface area (Å²) >= 11 is 0. The Morgan fingerprint density at radius 1 is 0.655 bits per heavy atom. The fraction of sp³-hybridized carbons (Fsp3) is 0.0476. The quantitative estimate of drug-likeness (QED) is 0.492. The van der Waals surface area contributed by atoms with Crippen molar-refractivity contribution in [2.24, 2.45) is 11.5 Å². The molecule has 2 rings (SSSR count). The minimum atomic E-state index is -1.26. The van der Waals surface area contributed by atoms with E-state index in [0.29, 0.717) is 17.5 Å². The molecule has 0 spiro atoms. The van der Waals surface area contributed by atoms with E-state index in [4.69, 9.17) is 11.5 Å². The Balaban J connectivity index is 2.21. The van der Waals surface area contributed by atoms with Crippen LogP contribution >= 0.6 is 0 Å². The Bertz CT molecular complexity index is 935. The van der Waals surface area contributed by atoms with Gasteiger partial charge in [-0.05, 0) is 28.7 Å². The summed E-state index contributed by atoms with van der Waals surface area (Å²) in [6, 6.07) is 13.2. The largest absolute Gasteiger partial charge is 0.478 e. The van der Waals surface area contributed by atoms with Gasteiger partial charge in [-0.3, -0.25) is 9.59 Å². The average Bonchev–Trinajstić information content (AvgIpc) is 2.65. The maximum absolute atomic E-state index is 11.3. The van der Waals surface area contributed by atoms with Crippen LogP contribution in [0.2, 0.25) is 0 Å². The second kappa shape index (κ2) is 9.14. The number of hydrogen-bond donors (Lipinski definition) is 4. The molecule has 0 bridgehead atoms. The number of nitrogens with two attached hydrogens (primary N) is 2. The van der Waals surface area contributed by atoms with Crippen molar-refractivity contribution in [2.75, 3.05) is 0 Å². The topological polar surface area (TPSA) is 161 Å². The molecule has 148 valence electrons. The van der Waals surface area contributed by atoms with Crippen molar-refractivity contribution in [3.63, 3.8) is 0 Å². The molecule has 0 aliphatic rings. The van der Waals surface area contributed by atoms with E-state index >= 15 is 0 Å². The van der Waals surface area contributed by atoms with Crippen LogP contribution in [0.1, 0.15) is 22.3 Å². The third kappa shape index (κ3) is 5.90. The predicted octanol–water partition coefficient (Wildman–Crippen LogP) is 1.18. The van der Waals surface area contributed by atoms with Gasteiger partial charge in [0.1, 0.15) is 0 Å². The number of carbonyl (C=O) groups is 4. The van der Waals surface area contributed by atoms with Crippen molar-refractivity contribution >= 4 is 34.9 Å². The molecule has 0 atom stereocenters. The molecule has 29 heavy (non-hydrogen) atoms. The fourth-order valence-corrected chi connectivity index (χ4v) is 2.66. The van der Waals surface area contributed by atoms with Crippen LogP contribution < -0.4 is 11.5 Å². The number of benzene rings is 2. The molecule has 2 aromatic carbocycles. The highest BCUT2D eigenvalue weighted by atomic mass is 16.4. The van der Waals surface area contributed by atoms with Gasteiger partial charge in [0.15, 0.2) is 0 Å². The summed E-state index contributed by atoms with van der Waals surface area (Å²) in [5.74, 6) is -4.22. The summed E-state index contributed by atoms with van der Waals surface area (Å²) in [6.45, 7) is 0. The van der Waals surface area contributed by atoms with Crippen LogP contribution in [0.4, 0.5) is 0 Å². The summed E-state index contributed by atoms with van der Waals surface area (Å²) in [6.07, 6.45) is 2.22. The maximum Gasteiger partial charge on any atom is 0.336 e. The van der Waals surface area contributed by atoms with Gasteiger partial charge < -0.3 is 21.7 Å². The Morgan fingerprint density at radius 2 is 0.966 bits per heavy atom. The summed E-state index contributed by atoms with van der Waals surface area (Å²) in [5.41, 5.74) is 12.1. The number of amides is 2. The first kappa shape index (κ1) is 21.1. The van der Waals surface area contributed by atoms with Crippen LogP contribution in [0.5, 0.6) is 0 Å². The minimum absolute atomic E-state index is 0.198. The van der Waals surface area contributed by atoms with Crippen LogP contribution in [0.3, 0.4) is 0 Å². The Morgan fingerprint density at radius 3 is 1.21 bits per heavy atom. The van der Waals surface area contributed by atoms with Gasteiger partial charge in [0, 0.05) is 12.2 Å². The molecule has 8 heteroatoms. The third-order valence-corrected chi connectivity index (χ3v) is 3.97. The lowest BCUT2D eigenvalue weighted by molar-refractivity contribution is -0.131. The van der Waals surface area contributed by atoms with Gasteiger partial charge in [0.2, 0.25) is 11.8 Å². The molecule has 0 radical (unpaired) electrons. The van der Waals surface area contributed by atoms with E-state index in [1.54, 1.807) is 48.5 Å². The minimum Gasteiger partial charge on any atom is -0.478 e. The molecule has 0 saturated heterocycles. The van der Waals surface area contributed by atoms with Gasteiger partial charge in [-0.1, -0.05) is 48.5 Å². The molecule has 0 aliphatic heterocycles. The van der Waals surface area contributed by atoms with E-state index in [0.717, 1.165) is 23.3 Å². The second-order valence-electron chi connectivity index (χ2n) is 6.10. The normalized spacial score (nSPS) is 11.7. The zero-order valence-electron chi connectivity index (χ0n) is 15.2. The SMILES string of the molecule is NC(=O)/C=C(/C(=O)O)c1ccc(Cc2ccc(/C(=C\C(N)=O)C(=O)O)cc2)cc1. The first-order valence-electron chi connectivity index (χ1n) is 8.35. The number of aliphatic carboxylic acids is 2. The smallest absolute Gasteiger partial charge is 0.336 e. The van der Waals surface area contributed by atoms with E-state index in [2.05, 4.69) is 0 Å². The van der Waals surface area contributed by atoms with Crippen LogP contribution in [0, 0.1) is 0 Å². The molecule has 0 aliphatic carbocycles. The highest BCUT2D eigenvalue weighted by Gasteiger charge is 2.13. The molecular weight excluding hydrogens is 376 g/mol.